The van der Waals surface area contributed by atoms with Gasteiger partial charge in [0.1, 0.15) is 11.6 Å². The van der Waals surface area contributed by atoms with Crippen molar-refractivity contribution in [1.29, 1.82) is 0 Å². The molecule has 0 saturated heterocycles. The highest BCUT2D eigenvalue weighted by Gasteiger charge is 2.26. The van der Waals surface area contributed by atoms with Crippen LogP contribution >= 0.6 is 15.9 Å². The highest BCUT2D eigenvalue weighted by molar-refractivity contribution is 9.09. The van der Waals surface area contributed by atoms with Gasteiger partial charge in [-0.15, -0.1) is 0 Å². The van der Waals surface area contributed by atoms with Gasteiger partial charge < -0.3 is 0 Å². The van der Waals surface area contributed by atoms with Crippen molar-refractivity contribution in [2.75, 3.05) is 0 Å². The van der Waals surface area contributed by atoms with E-state index < -0.39 is 11.6 Å². The summed E-state index contributed by atoms with van der Waals surface area (Å²) in [7, 11) is 0. The lowest BCUT2D eigenvalue weighted by Crippen LogP contribution is -2.11. The van der Waals surface area contributed by atoms with Gasteiger partial charge in [-0.2, -0.15) is 0 Å². The minimum atomic E-state index is -0.516. The van der Waals surface area contributed by atoms with E-state index in [1.54, 1.807) is 6.07 Å². The first-order chi connectivity index (χ1) is 10.1. The third-order valence-electron chi connectivity index (χ3n) is 4.28. The van der Waals surface area contributed by atoms with E-state index in [1.807, 2.05) is 6.07 Å². The normalized spacial score (nSPS) is 21.7. The van der Waals surface area contributed by atoms with Crippen molar-refractivity contribution in [3.63, 3.8) is 0 Å². The summed E-state index contributed by atoms with van der Waals surface area (Å²) < 4.78 is 26.9. The smallest absolute Gasteiger partial charge is 0.129 e. The van der Waals surface area contributed by atoms with Crippen LogP contribution < -0.4 is 0 Å². The first-order valence-electron chi connectivity index (χ1n) is 7.31. The molecule has 0 spiro atoms. The average molecular weight is 351 g/mol. The van der Waals surface area contributed by atoms with Crippen molar-refractivity contribution in [3.05, 3.63) is 70.8 Å². The summed E-state index contributed by atoms with van der Waals surface area (Å²) in [5.74, 6) is -0.626. The molecule has 2 atom stereocenters. The van der Waals surface area contributed by atoms with Crippen LogP contribution in [0.4, 0.5) is 8.78 Å². The fraction of sp³-hybridized carbons (Fsp3) is 0.333. The number of aryl methyl sites for hydroxylation is 1. The maximum Gasteiger partial charge on any atom is 0.129 e. The van der Waals surface area contributed by atoms with Gasteiger partial charge >= 0.3 is 0 Å². The number of hydrogen-bond acceptors (Lipinski definition) is 0. The molecule has 1 aliphatic rings. The highest BCUT2D eigenvalue weighted by Crippen LogP contribution is 2.41. The average Bonchev–Trinajstić information content (AvgIpc) is 2.63. The van der Waals surface area contributed by atoms with Crippen LogP contribution in [-0.2, 0) is 12.8 Å². The predicted molar refractivity (Wildman–Crippen MR) is 84.6 cm³/mol. The van der Waals surface area contributed by atoms with Crippen LogP contribution in [0.15, 0.2) is 42.5 Å². The topological polar surface area (TPSA) is 0 Å². The van der Waals surface area contributed by atoms with Crippen LogP contribution in [0.2, 0.25) is 0 Å². The third kappa shape index (κ3) is 3.18. The van der Waals surface area contributed by atoms with E-state index >= 15 is 0 Å². The van der Waals surface area contributed by atoms with Crippen molar-refractivity contribution >= 4 is 15.9 Å². The minimum Gasteiger partial charge on any atom is -0.207 e. The van der Waals surface area contributed by atoms with E-state index in [2.05, 4.69) is 34.1 Å². The molecule has 0 aliphatic heterocycles. The second-order valence-electron chi connectivity index (χ2n) is 5.69. The van der Waals surface area contributed by atoms with Crippen molar-refractivity contribution in [2.24, 2.45) is 5.92 Å². The molecule has 2 aromatic carbocycles. The monoisotopic (exact) mass is 350 g/mol. The van der Waals surface area contributed by atoms with Gasteiger partial charge in [0.2, 0.25) is 0 Å². The van der Waals surface area contributed by atoms with E-state index in [0.29, 0.717) is 17.9 Å². The molecule has 2 aromatic rings. The Kier molecular flexibility index (Phi) is 4.39. The second-order valence-corrected chi connectivity index (χ2v) is 6.68. The van der Waals surface area contributed by atoms with Crippen LogP contribution in [0.25, 0.3) is 0 Å². The van der Waals surface area contributed by atoms with Crippen LogP contribution in [0.1, 0.15) is 34.4 Å². The first kappa shape index (κ1) is 14.7. The first-order valence-corrected chi connectivity index (χ1v) is 8.22. The molecule has 0 heterocycles. The zero-order valence-corrected chi connectivity index (χ0v) is 13.2. The van der Waals surface area contributed by atoms with Gasteiger partial charge in [0.25, 0.3) is 0 Å². The van der Waals surface area contributed by atoms with Gasteiger partial charge in [0.15, 0.2) is 0 Å². The Morgan fingerprint density at radius 2 is 1.90 bits per heavy atom. The molecule has 0 aromatic heterocycles. The molecule has 0 N–H and O–H groups in total. The number of halogens is 3. The van der Waals surface area contributed by atoms with Crippen molar-refractivity contribution in [3.8, 4) is 0 Å². The molecular formula is C18H17BrF2. The molecule has 0 bridgehead atoms. The summed E-state index contributed by atoms with van der Waals surface area (Å²) in [5, 5.41) is 0. The molecule has 0 amide bonds. The van der Waals surface area contributed by atoms with Gasteiger partial charge in [-0.05, 0) is 54.4 Å². The van der Waals surface area contributed by atoms with E-state index in [-0.39, 0.29) is 4.83 Å². The predicted octanol–water partition coefficient (Wildman–Crippen LogP) is 5.60. The number of fused-ring (bicyclic) bond motifs is 1. The third-order valence-corrected chi connectivity index (χ3v) is 5.53. The number of benzene rings is 2. The van der Waals surface area contributed by atoms with E-state index in [9.17, 15) is 8.78 Å². The summed E-state index contributed by atoms with van der Waals surface area (Å²) in [5.41, 5.74) is 3.29. The van der Waals surface area contributed by atoms with Crippen LogP contribution in [0.5, 0.6) is 0 Å². The Balaban J connectivity index is 1.86. The Morgan fingerprint density at radius 3 is 2.71 bits per heavy atom. The molecule has 0 fully saturated rings. The molecule has 3 rings (SSSR count). The number of alkyl halides is 1. The summed E-state index contributed by atoms with van der Waals surface area (Å²) in [6.45, 7) is 0. The molecular weight excluding hydrogens is 334 g/mol. The SMILES string of the molecule is Fc1ccc(CC2CCCc3ccccc3C2Br)c(F)c1. The molecule has 21 heavy (non-hydrogen) atoms. The Bertz CT molecular complexity index is 639. The quantitative estimate of drug-likeness (QED) is 0.488. The largest absolute Gasteiger partial charge is 0.207 e. The summed E-state index contributed by atoms with van der Waals surface area (Å²) >= 11 is 3.80. The summed E-state index contributed by atoms with van der Waals surface area (Å²) in [4.78, 5) is 0.223. The van der Waals surface area contributed by atoms with Gasteiger partial charge in [-0.1, -0.05) is 46.3 Å². The molecule has 2 unspecified atom stereocenters. The van der Waals surface area contributed by atoms with Crippen LogP contribution in [0, 0.1) is 17.6 Å². The van der Waals surface area contributed by atoms with Gasteiger partial charge in [-0.25, -0.2) is 8.78 Å². The molecule has 3 heteroatoms. The Labute approximate surface area is 132 Å². The van der Waals surface area contributed by atoms with Crippen molar-refractivity contribution in [2.45, 2.75) is 30.5 Å². The summed E-state index contributed by atoms with van der Waals surface area (Å²) in [6, 6.07) is 12.3. The lowest BCUT2D eigenvalue weighted by molar-refractivity contribution is 0.461. The lowest BCUT2D eigenvalue weighted by atomic mass is 9.90. The maximum atomic E-state index is 13.9. The fourth-order valence-electron chi connectivity index (χ4n) is 3.16. The second kappa shape index (κ2) is 6.27. The molecule has 0 radical (unpaired) electrons. The van der Waals surface area contributed by atoms with Crippen LogP contribution in [0.3, 0.4) is 0 Å². The minimum absolute atomic E-state index is 0.223. The van der Waals surface area contributed by atoms with E-state index in [4.69, 9.17) is 0 Å². The van der Waals surface area contributed by atoms with E-state index in [1.165, 1.54) is 17.2 Å². The maximum absolute atomic E-state index is 13.9. The van der Waals surface area contributed by atoms with E-state index in [0.717, 1.165) is 25.3 Å². The number of hydrogen-bond donors (Lipinski definition) is 0. The number of rotatable bonds is 2. The van der Waals surface area contributed by atoms with Crippen molar-refractivity contribution < 1.29 is 8.78 Å². The van der Waals surface area contributed by atoms with Gasteiger partial charge in [0.05, 0.1) is 0 Å². The Hall–Kier alpha value is -1.22. The molecule has 0 nitrogen and oxygen atoms in total. The van der Waals surface area contributed by atoms with Crippen molar-refractivity contribution in [1.82, 2.24) is 0 Å². The van der Waals surface area contributed by atoms with Crippen LogP contribution in [-0.4, -0.2) is 0 Å². The zero-order valence-electron chi connectivity index (χ0n) is 11.7. The molecule has 0 saturated carbocycles. The highest BCUT2D eigenvalue weighted by atomic mass is 79.9. The summed E-state index contributed by atoms with van der Waals surface area (Å²) in [6.07, 6.45) is 3.85. The van der Waals surface area contributed by atoms with Gasteiger partial charge in [-0.3, -0.25) is 0 Å². The fourth-order valence-corrected chi connectivity index (χ4v) is 4.06. The zero-order chi connectivity index (χ0) is 14.8. The van der Waals surface area contributed by atoms with Gasteiger partial charge in [0, 0.05) is 10.9 Å². The lowest BCUT2D eigenvalue weighted by Gasteiger charge is -2.22. The molecule has 1 aliphatic carbocycles. The Morgan fingerprint density at radius 1 is 1.10 bits per heavy atom. The molecule has 110 valence electrons. The standard InChI is InChI=1S/C18H17BrF2/c19-18-14(10-13-8-9-15(20)11-17(13)21)6-3-5-12-4-1-2-7-16(12)18/h1-2,4,7-9,11,14,18H,3,5-6,10H2.